The summed E-state index contributed by atoms with van der Waals surface area (Å²) in [7, 11) is 0. The Labute approximate surface area is 162 Å². The Bertz CT molecular complexity index is 1330. The molecular weight excluding hydrogens is 346 g/mol. The lowest BCUT2D eigenvalue weighted by atomic mass is 10.0. The van der Waals surface area contributed by atoms with E-state index >= 15 is 0 Å². The average molecular weight is 365 g/mol. The highest BCUT2D eigenvalue weighted by Crippen LogP contribution is 2.27. The summed E-state index contributed by atoms with van der Waals surface area (Å²) in [5, 5.41) is 6.96. The molecule has 0 amide bonds. The molecule has 4 nitrogen and oxygen atoms in total. The Morgan fingerprint density at radius 2 is 1.61 bits per heavy atom. The molecule has 136 valence electrons. The van der Waals surface area contributed by atoms with Crippen molar-refractivity contribution in [2.45, 2.75) is 13.0 Å². The van der Waals surface area contributed by atoms with E-state index < -0.39 is 0 Å². The summed E-state index contributed by atoms with van der Waals surface area (Å²) >= 11 is 0. The van der Waals surface area contributed by atoms with Crippen LogP contribution < -0.4 is 5.56 Å². The molecule has 28 heavy (non-hydrogen) atoms. The first kappa shape index (κ1) is 16.5. The first-order valence-electron chi connectivity index (χ1n) is 9.40. The molecule has 0 aliphatic heterocycles. The molecule has 3 aromatic carbocycles. The Balaban J connectivity index is 1.54. The maximum Gasteiger partial charge on any atom is 0.276 e. The van der Waals surface area contributed by atoms with Gasteiger partial charge in [0, 0.05) is 24.5 Å². The average Bonchev–Trinajstić information content (AvgIpc) is 3.19. The van der Waals surface area contributed by atoms with E-state index in [9.17, 15) is 4.79 Å². The Hall–Kier alpha value is -3.66. The van der Waals surface area contributed by atoms with Crippen molar-refractivity contribution in [3.8, 4) is 11.3 Å². The molecule has 0 unspecified atom stereocenters. The van der Waals surface area contributed by atoms with E-state index in [4.69, 9.17) is 0 Å². The molecular formula is C24H19N3O. The zero-order valence-corrected chi connectivity index (χ0v) is 15.3. The number of nitrogens with zero attached hydrogens (tertiary/aromatic N) is 3. The predicted octanol–water partition coefficient (Wildman–Crippen LogP) is 4.56. The van der Waals surface area contributed by atoms with Crippen LogP contribution in [-0.2, 0) is 13.0 Å². The number of aromatic nitrogens is 3. The van der Waals surface area contributed by atoms with E-state index in [0.29, 0.717) is 12.1 Å². The molecule has 0 saturated carbocycles. The quantitative estimate of drug-likeness (QED) is 0.468. The van der Waals surface area contributed by atoms with Crippen LogP contribution in [0.1, 0.15) is 5.56 Å². The van der Waals surface area contributed by atoms with Crippen LogP contribution in [0.4, 0.5) is 0 Å². The second-order valence-electron chi connectivity index (χ2n) is 6.92. The standard InChI is InChI=1S/C24H19N3O/c28-24-23-17-22(21-12-6-10-19-9-4-5-11-20(19)21)25-27(23)16-15-26(24)14-13-18-7-2-1-3-8-18/h1-12,15-17H,13-14H2. The van der Waals surface area contributed by atoms with Crippen LogP contribution in [-0.4, -0.2) is 14.2 Å². The number of aryl methyl sites for hydroxylation is 2. The van der Waals surface area contributed by atoms with Gasteiger partial charge in [-0.3, -0.25) is 4.79 Å². The third-order valence-corrected chi connectivity index (χ3v) is 5.15. The third-order valence-electron chi connectivity index (χ3n) is 5.15. The highest BCUT2D eigenvalue weighted by molar-refractivity contribution is 5.96. The lowest BCUT2D eigenvalue weighted by Crippen LogP contribution is -2.22. The lowest BCUT2D eigenvalue weighted by Gasteiger charge is -2.06. The summed E-state index contributed by atoms with van der Waals surface area (Å²) in [4.78, 5) is 13.0. The molecule has 0 bridgehead atoms. The van der Waals surface area contributed by atoms with Crippen molar-refractivity contribution in [1.82, 2.24) is 14.2 Å². The monoisotopic (exact) mass is 365 g/mol. The zero-order chi connectivity index (χ0) is 18.9. The molecule has 4 heteroatoms. The van der Waals surface area contributed by atoms with Gasteiger partial charge in [0.2, 0.25) is 0 Å². The van der Waals surface area contributed by atoms with Crippen molar-refractivity contribution in [2.75, 3.05) is 0 Å². The van der Waals surface area contributed by atoms with Crippen molar-refractivity contribution < 1.29 is 0 Å². The summed E-state index contributed by atoms with van der Waals surface area (Å²) in [6, 6.07) is 26.5. The van der Waals surface area contributed by atoms with Gasteiger partial charge in [0.1, 0.15) is 5.52 Å². The summed E-state index contributed by atoms with van der Waals surface area (Å²) in [6.45, 7) is 0.647. The molecule has 0 aliphatic rings. The van der Waals surface area contributed by atoms with Crippen molar-refractivity contribution in [3.05, 3.63) is 107 Å². The Kier molecular flexibility index (Phi) is 4.02. The van der Waals surface area contributed by atoms with Crippen LogP contribution in [0.25, 0.3) is 27.5 Å². The van der Waals surface area contributed by atoms with Crippen LogP contribution in [0.3, 0.4) is 0 Å². The summed E-state index contributed by atoms with van der Waals surface area (Å²) in [5.41, 5.74) is 3.65. The molecule has 0 atom stereocenters. The minimum absolute atomic E-state index is 0.0163. The number of benzene rings is 3. The van der Waals surface area contributed by atoms with Crippen molar-refractivity contribution in [1.29, 1.82) is 0 Å². The van der Waals surface area contributed by atoms with Crippen molar-refractivity contribution in [2.24, 2.45) is 0 Å². The van der Waals surface area contributed by atoms with Gasteiger partial charge in [-0.25, -0.2) is 4.52 Å². The number of rotatable bonds is 4. The molecule has 0 fully saturated rings. The maximum absolute atomic E-state index is 13.0. The van der Waals surface area contributed by atoms with Crippen LogP contribution in [0.5, 0.6) is 0 Å². The topological polar surface area (TPSA) is 39.3 Å². The molecule has 2 heterocycles. The fraction of sp³-hybridized carbons (Fsp3) is 0.0833. The highest BCUT2D eigenvalue weighted by Gasteiger charge is 2.11. The normalized spacial score (nSPS) is 11.3. The van der Waals surface area contributed by atoms with Crippen LogP contribution >= 0.6 is 0 Å². The highest BCUT2D eigenvalue weighted by atomic mass is 16.1. The minimum atomic E-state index is -0.0163. The van der Waals surface area contributed by atoms with Gasteiger partial charge < -0.3 is 4.57 Å². The van der Waals surface area contributed by atoms with E-state index in [1.807, 2.05) is 54.9 Å². The van der Waals surface area contributed by atoms with Crippen molar-refractivity contribution in [3.63, 3.8) is 0 Å². The van der Waals surface area contributed by atoms with Gasteiger partial charge in [0.15, 0.2) is 0 Å². The SMILES string of the molecule is O=c1c2cc(-c3cccc4ccccc34)nn2ccn1CCc1ccccc1. The smallest absolute Gasteiger partial charge is 0.276 e. The third kappa shape index (κ3) is 2.89. The summed E-state index contributed by atoms with van der Waals surface area (Å²) < 4.78 is 3.44. The molecule has 0 aliphatic carbocycles. The molecule has 2 aromatic heterocycles. The molecule has 5 aromatic rings. The number of hydrogen-bond acceptors (Lipinski definition) is 2. The maximum atomic E-state index is 13.0. The summed E-state index contributed by atoms with van der Waals surface area (Å²) in [6.07, 6.45) is 4.50. The second-order valence-corrected chi connectivity index (χ2v) is 6.92. The van der Waals surface area contributed by atoms with Gasteiger partial charge in [-0.05, 0) is 28.8 Å². The minimum Gasteiger partial charge on any atom is -0.312 e. The summed E-state index contributed by atoms with van der Waals surface area (Å²) in [5.74, 6) is 0. The second kappa shape index (κ2) is 6.82. The van der Waals surface area contributed by atoms with E-state index in [2.05, 4.69) is 41.5 Å². The number of hydrogen-bond donors (Lipinski definition) is 0. The van der Waals surface area contributed by atoms with E-state index in [1.165, 1.54) is 5.56 Å². The van der Waals surface area contributed by atoms with Crippen LogP contribution in [0.15, 0.2) is 96.1 Å². The Morgan fingerprint density at radius 3 is 2.50 bits per heavy atom. The van der Waals surface area contributed by atoms with E-state index in [0.717, 1.165) is 28.5 Å². The lowest BCUT2D eigenvalue weighted by molar-refractivity contribution is 0.662. The van der Waals surface area contributed by atoms with Crippen LogP contribution in [0.2, 0.25) is 0 Å². The van der Waals surface area contributed by atoms with Gasteiger partial charge in [0.25, 0.3) is 5.56 Å². The zero-order valence-electron chi connectivity index (χ0n) is 15.3. The van der Waals surface area contributed by atoms with Crippen molar-refractivity contribution >= 4 is 16.3 Å². The van der Waals surface area contributed by atoms with Gasteiger partial charge in [-0.2, -0.15) is 5.10 Å². The first-order valence-corrected chi connectivity index (χ1v) is 9.40. The van der Waals surface area contributed by atoms with E-state index in [-0.39, 0.29) is 5.56 Å². The Morgan fingerprint density at radius 1 is 0.821 bits per heavy atom. The molecule has 0 N–H and O–H groups in total. The van der Waals surface area contributed by atoms with Gasteiger partial charge in [-0.15, -0.1) is 0 Å². The number of fused-ring (bicyclic) bond motifs is 2. The van der Waals surface area contributed by atoms with Gasteiger partial charge >= 0.3 is 0 Å². The fourth-order valence-corrected chi connectivity index (χ4v) is 3.68. The molecule has 5 rings (SSSR count). The van der Waals surface area contributed by atoms with E-state index in [1.54, 1.807) is 9.08 Å². The van der Waals surface area contributed by atoms with Gasteiger partial charge in [0.05, 0.1) is 5.69 Å². The largest absolute Gasteiger partial charge is 0.312 e. The van der Waals surface area contributed by atoms with Gasteiger partial charge in [-0.1, -0.05) is 72.8 Å². The first-order chi connectivity index (χ1) is 13.8. The fourth-order valence-electron chi connectivity index (χ4n) is 3.68. The predicted molar refractivity (Wildman–Crippen MR) is 113 cm³/mol. The molecule has 0 saturated heterocycles. The molecule has 0 radical (unpaired) electrons. The molecule has 0 spiro atoms. The van der Waals surface area contributed by atoms with Crippen LogP contribution in [0, 0.1) is 0 Å².